The third-order valence-electron chi connectivity index (χ3n) is 2.17. The average Bonchev–Trinajstić information content (AvgIpc) is 2.28. The first kappa shape index (κ1) is 12.7. The summed E-state index contributed by atoms with van der Waals surface area (Å²) in [4.78, 5) is 12.8. The van der Waals surface area contributed by atoms with E-state index in [-0.39, 0.29) is 18.7 Å². The normalized spacial score (nSPS) is 9.18. The van der Waals surface area contributed by atoms with Crippen molar-refractivity contribution in [2.45, 2.75) is 6.92 Å². The van der Waals surface area contributed by atoms with Gasteiger partial charge in [-0.05, 0) is 24.6 Å². The maximum atomic E-state index is 13.5. The summed E-state index contributed by atoms with van der Waals surface area (Å²) in [7, 11) is 0. The van der Waals surface area contributed by atoms with E-state index in [0.717, 1.165) is 4.90 Å². The van der Waals surface area contributed by atoms with Crippen molar-refractivity contribution in [3.63, 3.8) is 0 Å². The van der Waals surface area contributed by atoms with Crippen LogP contribution in [0, 0.1) is 35.4 Å². The van der Waals surface area contributed by atoms with Crippen molar-refractivity contribution in [2.24, 2.45) is 0 Å². The van der Waals surface area contributed by atoms with E-state index in [1.165, 1.54) is 12.1 Å². The van der Waals surface area contributed by atoms with Gasteiger partial charge in [-0.3, -0.25) is 4.79 Å². The van der Waals surface area contributed by atoms with Crippen LogP contribution in [0.4, 0.5) is 4.39 Å². The molecule has 0 aliphatic rings. The van der Waals surface area contributed by atoms with Crippen LogP contribution in [0.1, 0.15) is 15.9 Å². The Morgan fingerprint density at radius 3 is 2.41 bits per heavy atom. The molecule has 1 rings (SSSR count). The molecule has 0 atom stereocenters. The number of benzene rings is 1. The van der Waals surface area contributed by atoms with Crippen molar-refractivity contribution < 1.29 is 9.18 Å². The van der Waals surface area contributed by atoms with Crippen LogP contribution in [-0.4, -0.2) is 23.9 Å². The van der Waals surface area contributed by atoms with Gasteiger partial charge in [0.05, 0.1) is 17.7 Å². The Kier molecular flexibility index (Phi) is 4.19. The second-order valence-electron chi connectivity index (χ2n) is 3.46. The van der Waals surface area contributed by atoms with Gasteiger partial charge in [0.1, 0.15) is 18.9 Å². The lowest BCUT2D eigenvalue weighted by molar-refractivity contribution is 0.0790. The molecule has 5 heteroatoms. The molecule has 17 heavy (non-hydrogen) atoms. The monoisotopic (exact) mass is 231 g/mol. The van der Waals surface area contributed by atoms with Gasteiger partial charge < -0.3 is 4.90 Å². The zero-order valence-corrected chi connectivity index (χ0v) is 9.27. The lowest BCUT2D eigenvalue weighted by atomic mass is 10.1. The topological polar surface area (TPSA) is 67.9 Å². The highest BCUT2D eigenvalue weighted by Crippen LogP contribution is 2.12. The maximum Gasteiger partial charge on any atom is 0.258 e. The van der Waals surface area contributed by atoms with Crippen molar-refractivity contribution in [1.29, 1.82) is 10.5 Å². The number of nitrogens with zero attached hydrogens (tertiary/aromatic N) is 3. The van der Waals surface area contributed by atoms with Crippen molar-refractivity contribution in [3.8, 4) is 12.1 Å². The molecule has 0 unspecified atom stereocenters. The summed E-state index contributed by atoms with van der Waals surface area (Å²) in [5, 5.41) is 17.1. The molecule has 0 N–H and O–H groups in total. The quantitative estimate of drug-likeness (QED) is 0.742. The van der Waals surface area contributed by atoms with Crippen LogP contribution >= 0.6 is 0 Å². The smallest absolute Gasteiger partial charge is 0.258 e. The second-order valence-corrected chi connectivity index (χ2v) is 3.46. The Morgan fingerprint density at radius 1 is 1.35 bits per heavy atom. The predicted molar refractivity (Wildman–Crippen MR) is 58.3 cm³/mol. The van der Waals surface area contributed by atoms with Gasteiger partial charge in [0, 0.05) is 0 Å². The Hall–Kier alpha value is -2.40. The van der Waals surface area contributed by atoms with Crippen LogP contribution in [0.3, 0.4) is 0 Å². The number of amides is 1. The van der Waals surface area contributed by atoms with Crippen molar-refractivity contribution in [1.82, 2.24) is 4.90 Å². The number of halogens is 1. The number of nitriles is 2. The first-order chi connectivity index (χ1) is 8.10. The molecule has 86 valence electrons. The molecule has 0 bridgehead atoms. The fraction of sp³-hybridized carbons (Fsp3) is 0.250. The molecule has 0 aliphatic heterocycles. The third-order valence-corrected chi connectivity index (χ3v) is 2.17. The second kappa shape index (κ2) is 5.62. The van der Waals surface area contributed by atoms with Gasteiger partial charge in [0.15, 0.2) is 0 Å². The van der Waals surface area contributed by atoms with E-state index >= 15 is 0 Å². The van der Waals surface area contributed by atoms with E-state index in [1.54, 1.807) is 25.1 Å². The molecule has 1 amide bonds. The van der Waals surface area contributed by atoms with Crippen molar-refractivity contribution in [3.05, 3.63) is 35.1 Å². The maximum absolute atomic E-state index is 13.5. The molecule has 0 spiro atoms. The van der Waals surface area contributed by atoms with E-state index in [1.807, 2.05) is 0 Å². The highest BCUT2D eigenvalue weighted by Gasteiger charge is 2.18. The summed E-state index contributed by atoms with van der Waals surface area (Å²) in [5.41, 5.74) is 0.576. The van der Waals surface area contributed by atoms with Gasteiger partial charge in [-0.25, -0.2) is 4.39 Å². The van der Waals surface area contributed by atoms with E-state index in [9.17, 15) is 9.18 Å². The summed E-state index contributed by atoms with van der Waals surface area (Å²) >= 11 is 0. The van der Waals surface area contributed by atoms with Crippen LogP contribution in [-0.2, 0) is 0 Å². The highest BCUT2D eigenvalue weighted by atomic mass is 19.1. The minimum Gasteiger partial charge on any atom is -0.312 e. The standard InChI is InChI=1S/C12H10FN3O/c1-9-2-3-10(11(13)8-9)12(17)16(6-4-14)7-5-15/h2-3,8H,6-7H2,1H3. The summed E-state index contributed by atoms with van der Waals surface area (Å²) in [6, 6.07) is 7.73. The fourth-order valence-electron chi connectivity index (χ4n) is 1.33. The molecule has 1 aromatic rings. The minimum absolute atomic E-state index is 0.124. The van der Waals surface area contributed by atoms with Crippen molar-refractivity contribution >= 4 is 5.91 Å². The Labute approximate surface area is 98.5 Å². The third kappa shape index (κ3) is 3.02. The summed E-state index contributed by atoms with van der Waals surface area (Å²) in [5.74, 6) is -1.29. The number of carbonyl (C=O) groups excluding carboxylic acids is 1. The van der Waals surface area contributed by atoms with Crippen LogP contribution in [0.15, 0.2) is 18.2 Å². The first-order valence-corrected chi connectivity index (χ1v) is 4.89. The molecular formula is C12H10FN3O. The molecule has 1 aromatic carbocycles. The minimum atomic E-state index is -0.648. The highest BCUT2D eigenvalue weighted by molar-refractivity contribution is 5.94. The van der Waals surface area contributed by atoms with Crippen molar-refractivity contribution in [2.75, 3.05) is 13.1 Å². The van der Waals surface area contributed by atoms with E-state index < -0.39 is 11.7 Å². The number of carbonyl (C=O) groups is 1. The van der Waals surface area contributed by atoms with Gasteiger partial charge in [0.25, 0.3) is 5.91 Å². The number of hydrogen-bond donors (Lipinski definition) is 0. The zero-order valence-electron chi connectivity index (χ0n) is 9.27. The molecule has 0 radical (unpaired) electrons. The molecular weight excluding hydrogens is 221 g/mol. The van der Waals surface area contributed by atoms with Crippen LogP contribution < -0.4 is 0 Å². The van der Waals surface area contributed by atoms with Crippen LogP contribution in [0.2, 0.25) is 0 Å². The molecule has 0 saturated carbocycles. The van der Waals surface area contributed by atoms with E-state index in [2.05, 4.69) is 0 Å². The fourth-order valence-corrected chi connectivity index (χ4v) is 1.33. The molecule has 0 fully saturated rings. The lowest BCUT2D eigenvalue weighted by Gasteiger charge is -2.16. The van der Waals surface area contributed by atoms with Gasteiger partial charge in [-0.1, -0.05) is 6.07 Å². The summed E-state index contributed by atoms with van der Waals surface area (Å²) in [6.07, 6.45) is 0. The lowest BCUT2D eigenvalue weighted by Crippen LogP contribution is -2.32. The zero-order chi connectivity index (χ0) is 12.8. The largest absolute Gasteiger partial charge is 0.312 e. The number of rotatable bonds is 3. The molecule has 0 aliphatic carbocycles. The van der Waals surface area contributed by atoms with Gasteiger partial charge >= 0.3 is 0 Å². The summed E-state index contributed by atoms with van der Waals surface area (Å²) < 4.78 is 13.5. The SMILES string of the molecule is Cc1ccc(C(=O)N(CC#N)CC#N)c(F)c1. The van der Waals surface area contributed by atoms with Crippen LogP contribution in [0.5, 0.6) is 0 Å². The predicted octanol–water partition coefficient (Wildman–Crippen LogP) is 1.62. The Morgan fingerprint density at radius 2 is 1.94 bits per heavy atom. The average molecular weight is 231 g/mol. The van der Waals surface area contributed by atoms with Gasteiger partial charge in [-0.2, -0.15) is 10.5 Å². The molecule has 4 nitrogen and oxygen atoms in total. The molecule has 0 aromatic heterocycles. The Bertz CT molecular complexity index is 497. The van der Waals surface area contributed by atoms with E-state index in [0.29, 0.717) is 5.56 Å². The van der Waals surface area contributed by atoms with Gasteiger partial charge in [-0.15, -0.1) is 0 Å². The van der Waals surface area contributed by atoms with Gasteiger partial charge in [0.2, 0.25) is 0 Å². The Balaban J connectivity index is 3.02. The first-order valence-electron chi connectivity index (χ1n) is 4.89. The number of hydrogen-bond acceptors (Lipinski definition) is 3. The molecule has 0 heterocycles. The summed E-state index contributed by atoms with van der Waals surface area (Å²) in [6.45, 7) is 1.24. The molecule has 0 saturated heterocycles. The van der Waals surface area contributed by atoms with E-state index in [4.69, 9.17) is 10.5 Å². The number of aryl methyl sites for hydroxylation is 1. The van der Waals surface area contributed by atoms with Crippen LogP contribution in [0.25, 0.3) is 0 Å².